The van der Waals surface area contributed by atoms with Gasteiger partial charge in [-0.25, -0.2) is 0 Å². The van der Waals surface area contributed by atoms with Crippen LogP contribution < -0.4 is 0 Å². The summed E-state index contributed by atoms with van der Waals surface area (Å²) in [5.74, 6) is 0. The fourth-order valence-corrected chi connectivity index (χ4v) is 1.76. The highest BCUT2D eigenvalue weighted by atomic mass is 19.4. The van der Waals surface area contributed by atoms with Gasteiger partial charge in [0.2, 0.25) is 0 Å². The summed E-state index contributed by atoms with van der Waals surface area (Å²) in [6, 6.07) is 8.38. The van der Waals surface area contributed by atoms with Crippen molar-refractivity contribution in [1.29, 1.82) is 0 Å². The Bertz CT molecular complexity index is 517. The van der Waals surface area contributed by atoms with Gasteiger partial charge in [0.25, 0.3) is 0 Å². The van der Waals surface area contributed by atoms with Crippen LogP contribution >= 0.6 is 0 Å². The number of benzene rings is 1. The van der Waals surface area contributed by atoms with Gasteiger partial charge in [-0.3, -0.25) is 4.98 Å². The lowest BCUT2D eigenvalue weighted by molar-refractivity contribution is -0.127. The molecule has 1 aromatic carbocycles. The molecular formula is C12H10F3N. The number of aryl methyl sites for hydroxylation is 1. The predicted molar refractivity (Wildman–Crippen MR) is 56.2 cm³/mol. The summed E-state index contributed by atoms with van der Waals surface area (Å²) in [5, 5.41) is 0.574. The van der Waals surface area contributed by atoms with Gasteiger partial charge >= 0.3 is 6.18 Å². The van der Waals surface area contributed by atoms with Crippen LogP contribution in [0.25, 0.3) is 10.9 Å². The van der Waals surface area contributed by atoms with Crippen LogP contribution in [0.5, 0.6) is 0 Å². The molecule has 0 spiro atoms. The van der Waals surface area contributed by atoms with Gasteiger partial charge in [0.1, 0.15) is 0 Å². The zero-order valence-electron chi connectivity index (χ0n) is 8.67. The van der Waals surface area contributed by atoms with E-state index in [0.717, 1.165) is 0 Å². The molecule has 0 unspecified atom stereocenters. The van der Waals surface area contributed by atoms with Crippen molar-refractivity contribution in [2.75, 3.05) is 0 Å². The molecule has 0 saturated carbocycles. The Morgan fingerprint density at radius 1 is 1.19 bits per heavy atom. The molecule has 0 amide bonds. The fourth-order valence-electron chi connectivity index (χ4n) is 1.76. The number of fused-ring (bicyclic) bond motifs is 1. The summed E-state index contributed by atoms with van der Waals surface area (Å²) in [6.45, 7) is 1.70. The van der Waals surface area contributed by atoms with E-state index in [-0.39, 0.29) is 5.56 Å². The standard InChI is InChI=1S/C12H10F3N/c1-8-6-9(7-12(13,14)15)10-4-2-3-5-11(10)16-8/h2-6H,7H2,1H3. The number of para-hydroxylation sites is 1. The lowest BCUT2D eigenvalue weighted by Crippen LogP contribution is -2.12. The first-order chi connectivity index (χ1) is 7.46. The molecule has 0 bridgehead atoms. The SMILES string of the molecule is Cc1cc(CC(F)(F)F)c2ccccc2n1. The van der Waals surface area contributed by atoms with Gasteiger partial charge in [0.15, 0.2) is 0 Å². The summed E-state index contributed by atoms with van der Waals surface area (Å²) >= 11 is 0. The summed E-state index contributed by atoms with van der Waals surface area (Å²) in [5.41, 5.74) is 1.51. The van der Waals surface area contributed by atoms with Crippen LogP contribution in [0.2, 0.25) is 0 Å². The highest BCUT2D eigenvalue weighted by Crippen LogP contribution is 2.26. The number of nitrogens with zero attached hydrogens (tertiary/aromatic N) is 1. The van der Waals surface area contributed by atoms with Crippen molar-refractivity contribution in [3.05, 3.63) is 41.6 Å². The number of alkyl halides is 3. The van der Waals surface area contributed by atoms with E-state index >= 15 is 0 Å². The molecule has 16 heavy (non-hydrogen) atoms. The van der Waals surface area contributed by atoms with Crippen LogP contribution in [-0.2, 0) is 6.42 Å². The van der Waals surface area contributed by atoms with E-state index < -0.39 is 12.6 Å². The van der Waals surface area contributed by atoms with Crippen molar-refractivity contribution in [3.63, 3.8) is 0 Å². The summed E-state index contributed by atoms with van der Waals surface area (Å²) < 4.78 is 37.1. The van der Waals surface area contributed by atoms with Crippen LogP contribution in [0.4, 0.5) is 13.2 Å². The third-order valence-electron chi connectivity index (χ3n) is 2.32. The molecule has 1 nitrogen and oxygen atoms in total. The quantitative estimate of drug-likeness (QED) is 0.721. The molecule has 1 heterocycles. The normalized spacial score (nSPS) is 12.0. The van der Waals surface area contributed by atoms with Crippen LogP contribution in [0.15, 0.2) is 30.3 Å². The number of halogens is 3. The second-order valence-corrected chi connectivity index (χ2v) is 3.73. The monoisotopic (exact) mass is 225 g/mol. The predicted octanol–water partition coefficient (Wildman–Crippen LogP) is 3.65. The highest BCUT2D eigenvalue weighted by Gasteiger charge is 2.28. The largest absolute Gasteiger partial charge is 0.393 e. The molecule has 0 aliphatic carbocycles. The van der Waals surface area contributed by atoms with Crippen LogP contribution in [0.1, 0.15) is 11.3 Å². The van der Waals surface area contributed by atoms with E-state index in [1.165, 1.54) is 6.07 Å². The summed E-state index contributed by atoms with van der Waals surface area (Å²) in [7, 11) is 0. The van der Waals surface area contributed by atoms with Crippen LogP contribution in [0, 0.1) is 6.92 Å². The Morgan fingerprint density at radius 3 is 2.56 bits per heavy atom. The van der Waals surface area contributed by atoms with E-state index in [4.69, 9.17) is 0 Å². The van der Waals surface area contributed by atoms with E-state index in [9.17, 15) is 13.2 Å². The molecule has 0 aliphatic heterocycles. The third-order valence-corrected chi connectivity index (χ3v) is 2.32. The number of aromatic nitrogens is 1. The van der Waals surface area contributed by atoms with Crippen molar-refractivity contribution in [3.8, 4) is 0 Å². The number of hydrogen-bond acceptors (Lipinski definition) is 1. The molecule has 0 radical (unpaired) electrons. The first-order valence-corrected chi connectivity index (χ1v) is 4.88. The molecule has 1 aromatic heterocycles. The molecule has 84 valence electrons. The fraction of sp³-hybridized carbons (Fsp3) is 0.250. The van der Waals surface area contributed by atoms with E-state index in [1.807, 2.05) is 0 Å². The lowest BCUT2D eigenvalue weighted by atomic mass is 10.0. The maximum atomic E-state index is 12.4. The van der Waals surface area contributed by atoms with Crippen molar-refractivity contribution in [2.45, 2.75) is 19.5 Å². The molecule has 0 N–H and O–H groups in total. The topological polar surface area (TPSA) is 12.9 Å². The van der Waals surface area contributed by atoms with Crippen LogP contribution in [-0.4, -0.2) is 11.2 Å². The van der Waals surface area contributed by atoms with Gasteiger partial charge < -0.3 is 0 Å². The number of rotatable bonds is 1. The van der Waals surface area contributed by atoms with E-state index in [1.54, 1.807) is 31.2 Å². The van der Waals surface area contributed by atoms with Gasteiger partial charge in [-0.15, -0.1) is 0 Å². The average Bonchev–Trinajstić information content (AvgIpc) is 2.14. The summed E-state index contributed by atoms with van der Waals surface area (Å²) in [4.78, 5) is 4.20. The third kappa shape index (κ3) is 2.32. The van der Waals surface area contributed by atoms with E-state index in [2.05, 4.69) is 4.98 Å². The molecule has 0 aliphatic rings. The Hall–Kier alpha value is -1.58. The first-order valence-electron chi connectivity index (χ1n) is 4.88. The van der Waals surface area contributed by atoms with Crippen molar-refractivity contribution in [1.82, 2.24) is 4.98 Å². The second kappa shape index (κ2) is 3.77. The molecule has 0 fully saturated rings. The molecule has 4 heteroatoms. The molecule has 2 aromatic rings. The maximum absolute atomic E-state index is 12.4. The van der Waals surface area contributed by atoms with Crippen molar-refractivity contribution >= 4 is 10.9 Å². The van der Waals surface area contributed by atoms with Crippen LogP contribution in [0.3, 0.4) is 0 Å². The minimum absolute atomic E-state index is 0.288. The zero-order valence-corrected chi connectivity index (χ0v) is 8.67. The smallest absolute Gasteiger partial charge is 0.253 e. The zero-order chi connectivity index (χ0) is 11.8. The minimum atomic E-state index is -4.18. The van der Waals surface area contributed by atoms with E-state index in [0.29, 0.717) is 16.6 Å². The van der Waals surface area contributed by atoms with Gasteiger partial charge in [-0.2, -0.15) is 13.2 Å². The summed E-state index contributed by atoms with van der Waals surface area (Å²) in [6.07, 6.45) is -5.09. The maximum Gasteiger partial charge on any atom is 0.393 e. The lowest BCUT2D eigenvalue weighted by Gasteiger charge is -2.10. The minimum Gasteiger partial charge on any atom is -0.253 e. The number of hydrogen-bond donors (Lipinski definition) is 0. The molecular weight excluding hydrogens is 215 g/mol. The Labute approximate surface area is 90.9 Å². The second-order valence-electron chi connectivity index (χ2n) is 3.73. The van der Waals surface area contributed by atoms with Crippen molar-refractivity contribution in [2.24, 2.45) is 0 Å². The van der Waals surface area contributed by atoms with Gasteiger partial charge in [0, 0.05) is 11.1 Å². The molecule has 2 rings (SSSR count). The number of pyridine rings is 1. The Kier molecular flexibility index (Phi) is 2.58. The highest BCUT2D eigenvalue weighted by molar-refractivity contribution is 5.82. The van der Waals surface area contributed by atoms with Gasteiger partial charge in [0.05, 0.1) is 11.9 Å². The van der Waals surface area contributed by atoms with Gasteiger partial charge in [-0.1, -0.05) is 18.2 Å². The Morgan fingerprint density at radius 2 is 1.88 bits per heavy atom. The average molecular weight is 225 g/mol. The Balaban J connectivity index is 2.59. The van der Waals surface area contributed by atoms with Crippen molar-refractivity contribution < 1.29 is 13.2 Å². The molecule has 0 atom stereocenters. The van der Waals surface area contributed by atoms with Gasteiger partial charge in [-0.05, 0) is 24.6 Å². The molecule has 0 saturated heterocycles. The first kappa shape index (κ1) is 10.9.